The Morgan fingerprint density at radius 2 is 1.65 bits per heavy atom. The van der Waals surface area contributed by atoms with Crippen molar-refractivity contribution < 1.29 is 18.9 Å². The highest BCUT2D eigenvalue weighted by atomic mass is 127. The zero-order chi connectivity index (χ0) is 13.8. The van der Waals surface area contributed by atoms with Crippen LogP contribution >= 0.6 is 22.6 Å². The van der Waals surface area contributed by atoms with Crippen LogP contribution in [0.5, 0.6) is 0 Å². The second-order valence-corrected chi connectivity index (χ2v) is 6.11. The molecule has 1 aromatic rings. The van der Waals surface area contributed by atoms with Crippen LogP contribution in [0.1, 0.15) is 5.56 Å². The Kier molecular flexibility index (Phi) is 5.28. The van der Waals surface area contributed by atoms with Gasteiger partial charge in [-0.1, -0.05) is 52.9 Å². The summed E-state index contributed by atoms with van der Waals surface area (Å²) in [4.78, 5) is 0. The average molecular weight is 390 g/mol. The molecule has 0 bridgehead atoms. The number of ether oxygens (including phenoxy) is 4. The van der Waals surface area contributed by atoms with Gasteiger partial charge in [0, 0.05) is 4.43 Å². The number of alkyl halides is 1. The van der Waals surface area contributed by atoms with Crippen LogP contribution < -0.4 is 0 Å². The molecular formula is C15H19IO4. The number of rotatable bonds is 6. The summed E-state index contributed by atoms with van der Waals surface area (Å²) in [7, 11) is 0. The Hall–Kier alpha value is -0.210. The molecule has 0 radical (unpaired) electrons. The van der Waals surface area contributed by atoms with Gasteiger partial charge in [-0.2, -0.15) is 0 Å². The van der Waals surface area contributed by atoms with Gasteiger partial charge in [-0.05, 0) is 5.56 Å². The van der Waals surface area contributed by atoms with Gasteiger partial charge in [0.25, 0.3) is 0 Å². The summed E-state index contributed by atoms with van der Waals surface area (Å²) in [6, 6.07) is 10.2. The van der Waals surface area contributed by atoms with Gasteiger partial charge >= 0.3 is 0 Å². The zero-order valence-corrected chi connectivity index (χ0v) is 13.4. The lowest BCUT2D eigenvalue weighted by Crippen LogP contribution is -2.34. The molecule has 2 saturated heterocycles. The third-order valence-electron chi connectivity index (χ3n) is 3.68. The van der Waals surface area contributed by atoms with Crippen molar-refractivity contribution in [3.05, 3.63) is 35.9 Å². The maximum absolute atomic E-state index is 5.95. The van der Waals surface area contributed by atoms with E-state index in [9.17, 15) is 0 Å². The maximum Gasteiger partial charge on any atom is 0.115 e. The van der Waals surface area contributed by atoms with E-state index >= 15 is 0 Å². The molecule has 110 valence electrons. The molecule has 4 atom stereocenters. The first-order chi connectivity index (χ1) is 9.88. The first-order valence-corrected chi connectivity index (χ1v) is 8.47. The van der Waals surface area contributed by atoms with Crippen molar-refractivity contribution in [2.24, 2.45) is 0 Å². The van der Waals surface area contributed by atoms with Gasteiger partial charge in [-0.15, -0.1) is 0 Å². The average Bonchev–Trinajstić information content (AvgIpc) is 3.06. The fourth-order valence-corrected chi connectivity index (χ4v) is 2.94. The normalized spacial score (nSPS) is 32.5. The first kappa shape index (κ1) is 14.7. The lowest BCUT2D eigenvalue weighted by molar-refractivity contribution is -0.0523. The molecule has 0 amide bonds. The molecule has 3 rings (SSSR count). The summed E-state index contributed by atoms with van der Waals surface area (Å²) in [5.41, 5.74) is 1.17. The lowest BCUT2D eigenvalue weighted by Gasteiger charge is -2.17. The zero-order valence-electron chi connectivity index (χ0n) is 11.2. The van der Waals surface area contributed by atoms with Crippen LogP contribution in [-0.2, 0) is 25.6 Å². The number of halogens is 1. The molecule has 20 heavy (non-hydrogen) atoms. The summed E-state index contributed by atoms with van der Waals surface area (Å²) in [6.07, 6.45) is 0.102. The summed E-state index contributed by atoms with van der Waals surface area (Å²) >= 11 is 2.31. The second-order valence-electron chi connectivity index (χ2n) is 5.03. The Bertz CT molecular complexity index is 414. The van der Waals surface area contributed by atoms with Crippen LogP contribution in [0, 0.1) is 0 Å². The standard InChI is InChI=1S/C15H19IO4/c16-6-7-17-12-9-19-15-13(10-20-14(12)15)18-8-11-4-2-1-3-5-11/h1-5,12-15H,6-10H2/t12-,13+,14-,15-/m1/s1. The van der Waals surface area contributed by atoms with E-state index in [1.165, 1.54) is 5.56 Å². The van der Waals surface area contributed by atoms with Gasteiger partial charge in [0.1, 0.15) is 24.4 Å². The molecule has 0 aliphatic carbocycles. The highest BCUT2D eigenvalue weighted by Gasteiger charge is 2.48. The van der Waals surface area contributed by atoms with Crippen LogP contribution in [0.3, 0.4) is 0 Å². The van der Waals surface area contributed by atoms with Gasteiger partial charge in [-0.25, -0.2) is 0 Å². The third kappa shape index (κ3) is 3.33. The summed E-state index contributed by atoms with van der Waals surface area (Å²) in [5, 5.41) is 0. The third-order valence-corrected chi connectivity index (χ3v) is 4.12. The summed E-state index contributed by atoms with van der Waals surface area (Å²) in [5.74, 6) is 0. The van der Waals surface area contributed by atoms with Gasteiger partial charge in [0.15, 0.2) is 0 Å². The van der Waals surface area contributed by atoms with E-state index in [0.717, 1.165) is 11.0 Å². The molecule has 2 aliphatic heterocycles. The van der Waals surface area contributed by atoms with Crippen molar-refractivity contribution in [3.63, 3.8) is 0 Å². The lowest BCUT2D eigenvalue weighted by atomic mass is 10.1. The van der Waals surface area contributed by atoms with Crippen LogP contribution in [0.2, 0.25) is 0 Å². The molecule has 0 N–H and O–H groups in total. The van der Waals surface area contributed by atoms with Crippen LogP contribution in [0.25, 0.3) is 0 Å². The van der Waals surface area contributed by atoms with E-state index in [1.54, 1.807) is 0 Å². The Balaban J connectivity index is 1.51. The molecule has 0 unspecified atom stereocenters. The van der Waals surface area contributed by atoms with Crippen molar-refractivity contribution in [3.8, 4) is 0 Å². The fourth-order valence-electron chi connectivity index (χ4n) is 2.69. The second kappa shape index (κ2) is 7.17. The molecule has 0 saturated carbocycles. The molecule has 2 fully saturated rings. The predicted molar refractivity (Wildman–Crippen MR) is 83.1 cm³/mol. The monoisotopic (exact) mass is 390 g/mol. The van der Waals surface area contributed by atoms with Crippen molar-refractivity contribution >= 4 is 22.6 Å². The van der Waals surface area contributed by atoms with Gasteiger partial charge < -0.3 is 18.9 Å². The smallest absolute Gasteiger partial charge is 0.115 e. The quantitative estimate of drug-likeness (QED) is 0.552. The number of benzene rings is 1. The molecule has 4 nitrogen and oxygen atoms in total. The van der Waals surface area contributed by atoms with Crippen molar-refractivity contribution in [1.29, 1.82) is 0 Å². The van der Waals surface area contributed by atoms with Gasteiger partial charge in [-0.3, -0.25) is 0 Å². The summed E-state index contributed by atoms with van der Waals surface area (Å²) < 4.78 is 24.3. The van der Waals surface area contributed by atoms with Crippen molar-refractivity contribution in [2.45, 2.75) is 31.0 Å². The van der Waals surface area contributed by atoms with Crippen LogP contribution in [-0.4, -0.2) is 48.7 Å². The fraction of sp³-hybridized carbons (Fsp3) is 0.600. The topological polar surface area (TPSA) is 36.9 Å². The molecular weight excluding hydrogens is 371 g/mol. The predicted octanol–water partition coefficient (Wildman–Crippen LogP) is 2.19. The van der Waals surface area contributed by atoms with Crippen LogP contribution in [0.15, 0.2) is 30.3 Å². The molecule has 2 aliphatic rings. The molecule has 5 heteroatoms. The largest absolute Gasteiger partial charge is 0.372 e. The minimum atomic E-state index is 0.00778. The molecule has 2 heterocycles. The number of fused-ring (bicyclic) bond motifs is 1. The highest BCUT2D eigenvalue weighted by Crippen LogP contribution is 2.30. The molecule has 0 aromatic heterocycles. The van der Waals surface area contributed by atoms with Crippen molar-refractivity contribution in [2.75, 3.05) is 24.2 Å². The van der Waals surface area contributed by atoms with E-state index in [1.807, 2.05) is 18.2 Å². The van der Waals surface area contributed by atoms with E-state index in [2.05, 4.69) is 34.7 Å². The van der Waals surface area contributed by atoms with Gasteiger partial charge in [0.05, 0.1) is 26.4 Å². The van der Waals surface area contributed by atoms with Crippen LogP contribution in [0.4, 0.5) is 0 Å². The van der Waals surface area contributed by atoms with Crippen molar-refractivity contribution in [1.82, 2.24) is 0 Å². The van der Waals surface area contributed by atoms with Gasteiger partial charge in [0.2, 0.25) is 0 Å². The Morgan fingerprint density at radius 3 is 2.30 bits per heavy atom. The Labute approximate surface area is 132 Å². The molecule has 0 spiro atoms. The number of hydrogen-bond donors (Lipinski definition) is 0. The number of hydrogen-bond acceptors (Lipinski definition) is 4. The minimum Gasteiger partial charge on any atom is -0.372 e. The van der Waals surface area contributed by atoms with E-state index in [-0.39, 0.29) is 24.4 Å². The van der Waals surface area contributed by atoms with E-state index < -0.39 is 0 Å². The summed E-state index contributed by atoms with van der Waals surface area (Å²) in [6.45, 7) is 2.54. The highest BCUT2D eigenvalue weighted by molar-refractivity contribution is 14.1. The maximum atomic E-state index is 5.95. The minimum absolute atomic E-state index is 0.00778. The molecule has 1 aromatic carbocycles. The first-order valence-electron chi connectivity index (χ1n) is 6.95. The Morgan fingerprint density at radius 1 is 1.00 bits per heavy atom. The van der Waals surface area contributed by atoms with E-state index in [0.29, 0.717) is 19.8 Å². The SMILES string of the molecule is ICCO[C@@H]1CO[C@H]2[C@@H]1OC[C@@H]2OCc1ccccc1. The van der Waals surface area contributed by atoms with E-state index in [4.69, 9.17) is 18.9 Å².